The summed E-state index contributed by atoms with van der Waals surface area (Å²) in [6.07, 6.45) is 4.86. The van der Waals surface area contributed by atoms with E-state index in [4.69, 9.17) is 0 Å². The first kappa shape index (κ1) is 12.7. The van der Waals surface area contributed by atoms with Gasteiger partial charge in [-0.3, -0.25) is 4.79 Å². The minimum absolute atomic E-state index is 0.745. The predicted molar refractivity (Wildman–Crippen MR) is 83.3 cm³/mol. The number of carbonyl (C=O) groups is 1. The Morgan fingerprint density at radius 1 is 1.05 bits per heavy atom. The van der Waals surface area contributed by atoms with E-state index in [9.17, 15) is 4.79 Å². The second kappa shape index (κ2) is 5.33. The second-order valence-corrected chi connectivity index (χ2v) is 5.20. The summed E-state index contributed by atoms with van der Waals surface area (Å²) in [6, 6.07) is 14.7. The fraction of sp³-hybridized carbons (Fsp3) is 0.167. The molecule has 100 valence electrons. The monoisotopic (exact) mass is 263 g/mol. The summed E-state index contributed by atoms with van der Waals surface area (Å²) >= 11 is 0. The van der Waals surface area contributed by atoms with E-state index in [-0.39, 0.29) is 0 Å². The van der Waals surface area contributed by atoms with Gasteiger partial charge in [0, 0.05) is 11.4 Å². The van der Waals surface area contributed by atoms with Crippen molar-refractivity contribution >= 4 is 23.7 Å². The highest BCUT2D eigenvalue weighted by molar-refractivity contribution is 5.81. The first-order valence-electron chi connectivity index (χ1n) is 6.87. The Hall–Kier alpha value is -2.35. The molecule has 2 aromatic carbocycles. The maximum absolute atomic E-state index is 10.7. The zero-order chi connectivity index (χ0) is 13.9. The summed E-state index contributed by atoms with van der Waals surface area (Å²) in [5, 5.41) is 3.51. The van der Waals surface area contributed by atoms with Crippen LogP contribution >= 0.6 is 0 Å². The average Bonchev–Trinajstić information content (AvgIpc) is 2.66. The summed E-state index contributed by atoms with van der Waals surface area (Å²) in [5.41, 5.74) is 6.84. The molecule has 20 heavy (non-hydrogen) atoms. The van der Waals surface area contributed by atoms with Gasteiger partial charge in [0.05, 0.1) is 0 Å². The van der Waals surface area contributed by atoms with Gasteiger partial charge in [0.25, 0.3) is 0 Å². The molecule has 0 saturated heterocycles. The van der Waals surface area contributed by atoms with Crippen molar-refractivity contribution in [2.24, 2.45) is 0 Å². The molecule has 2 heteroatoms. The summed E-state index contributed by atoms with van der Waals surface area (Å²) in [5.74, 6) is 0. The maximum Gasteiger partial charge on any atom is 0.145 e. The highest BCUT2D eigenvalue weighted by Crippen LogP contribution is 2.30. The Labute approximate surface area is 119 Å². The fourth-order valence-corrected chi connectivity index (χ4v) is 2.60. The quantitative estimate of drug-likeness (QED) is 0.652. The minimum atomic E-state index is 0.745. The lowest BCUT2D eigenvalue weighted by Crippen LogP contribution is -1.93. The summed E-state index contributed by atoms with van der Waals surface area (Å²) in [7, 11) is 0. The standard InChI is InChI=1S/C18H17NO/c1-13(12-20)10-14-6-9-18-16(11-14)8-7-15-4-2-3-5-17(15)19-18/h2-6,9-12,19H,7-8H2,1H3/b13-10+. The Balaban J connectivity index is 1.97. The van der Waals surface area contributed by atoms with Crippen LogP contribution in [0.5, 0.6) is 0 Å². The van der Waals surface area contributed by atoms with Crippen LogP contribution in [-0.2, 0) is 17.6 Å². The fourth-order valence-electron chi connectivity index (χ4n) is 2.60. The van der Waals surface area contributed by atoms with Crippen LogP contribution in [0.4, 0.5) is 11.4 Å². The van der Waals surface area contributed by atoms with Crippen molar-refractivity contribution < 1.29 is 4.79 Å². The van der Waals surface area contributed by atoms with Crippen molar-refractivity contribution in [1.29, 1.82) is 0 Å². The number of hydrogen-bond acceptors (Lipinski definition) is 2. The van der Waals surface area contributed by atoms with Crippen LogP contribution in [0.3, 0.4) is 0 Å². The molecule has 1 aliphatic heterocycles. The predicted octanol–water partition coefficient (Wildman–Crippen LogP) is 4.13. The second-order valence-electron chi connectivity index (χ2n) is 5.20. The van der Waals surface area contributed by atoms with E-state index < -0.39 is 0 Å². The lowest BCUT2D eigenvalue weighted by atomic mass is 10.0. The van der Waals surface area contributed by atoms with Gasteiger partial charge in [0.2, 0.25) is 0 Å². The molecule has 2 nitrogen and oxygen atoms in total. The topological polar surface area (TPSA) is 29.1 Å². The van der Waals surface area contributed by atoms with Crippen LogP contribution in [-0.4, -0.2) is 6.29 Å². The van der Waals surface area contributed by atoms with Crippen molar-refractivity contribution in [2.45, 2.75) is 19.8 Å². The van der Waals surface area contributed by atoms with Gasteiger partial charge in [-0.15, -0.1) is 0 Å². The van der Waals surface area contributed by atoms with E-state index in [0.29, 0.717) is 0 Å². The number of allylic oxidation sites excluding steroid dienone is 1. The molecule has 0 fully saturated rings. The van der Waals surface area contributed by atoms with Crippen LogP contribution in [0, 0.1) is 0 Å². The molecule has 0 aromatic heterocycles. The third kappa shape index (κ3) is 2.50. The van der Waals surface area contributed by atoms with Crippen LogP contribution in [0.2, 0.25) is 0 Å². The van der Waals surface area contributed by atoms with E-state index >= 15 is 0 Å². The zero-order valence-electron chi connectivity index (χ0n) is 11.5. The highest BCUT2D eigenvalue weighted by atomic mass is 16.1. The number of nitrogens with one attached hydrogen (secondary N) is 1. The Morgan fingerprint density at radius 2 is 1.80 bits per heavy atom. The molecule has 0 radical (unpaired) electrons. The Bertz CT molecular complexity index is 686. The van der Waals surface area contributed by atoms with Gasteiger partial charge in [0.15, 0.2) is 0 Å². The number of aldehydes is 1. The smallest absolute Gasteiger partial charge is 0.145 e. The molecule has 0 bridgehead atoms. The SMILES string of the molecule is C/C(C=O)=C\c1ccc2c(c1)CCc1ccccc1N2. The van der Waals surface area contributed by atoms with Gasteiger partial charge in [-0.2, -0.15) is 0 Å². The molecule has 0 saturated carbocycles. The summed E-state index contributed by atoms with van der Waals surface area (Å²) in [6.45, 7) is 1.83. The molecule has 1 aliphatic rings. The average molecular weight is 263 g/mol. The molecule has 2 aromatic rings. The molecule has 0 unspecified atom stereocenters. The molecule has 0 aliphatic carbocycles. The van der Waals surface area contributed by atoms with Gasteiger partial charge >= 0.3 is 0 Å². The molecule has 0 atom stereocenters. The van der Waals surface area contributed by atoms with Crippen LogP contribution in [0.1, 0.15) is 23.6 Å². The van der Waals surface area contributed by atoms with Crippen LogP contribution in [0.25, 0.3) is 6.08 Å². The number of hydrogen-bond donors (Lipinski definition) is 1. The zero-order valence-corrected chi connectivity index (χ0v) is 11.5. The summed E-state index contributed by atoms with van der Waals surface area (Å²) in [4.78, 5) is 10.7. The van der Waals surface area contributed by atoms with Gasteiger partial charge in [0.1, 0.15) is 6.29 Å². The normalized spacial score (nSPS) is 13.8. The first-order valence-corrected chi connectivity index (χ1v) is 6.87. The van der Waals surface area contributed by atoms with Gasteiger partial charge < -0.3 is 5.32 Å². The van der Waals surface area contributed by atoms with Crippen LogP contribution in [0.15, 0.2) is 48.0 Å². The van der Waals surface area contributed by atoms with Crippen molar-refractivity contribution in [1.82, 2.24) is 0 Å². The number of benzene rings is 2. The molecule has 0 spiro atoms. The lowest BCUT2D eigenvalue weighted by molar-refractivity contribution is -0.104. The van der Waals surface area contributed by atoms with E-state index in [0.717, 1.165) is 36.0 Å². The highest BCUT2D eigenvalue weighted by Gasteiger charge is 2.12. The molecular weight excluding hydrogens is 246 g/mol. The van der Waals surface area contributed by atoms with Gasteiger partial charge in [-0.1, -0.05) is 24.3 Å². The third-order valence-corrected chi connectivity index (χ3v) is 3.66. The Morgan fingerprint density at radius 3 is 2.65 bits per heavy atom. The maximum atomic E-state index is 10.7. The first-order chi connectivity index (χ1) is 9.76. The van der Waals surface area contributed by atoms with E-state index in [1.54, 1.807) is 0 Å². The van der Waals surface area contributed by atoms with E-state index in [2.05, 4.69) is 41.7 Å². The number of anilines is 2. The Kier molecular flexibility index (Phi) is 3.38. The molecule has 3 rings (SSSR count). The van der Waals surface area contributed by atoms with Crippen LogP contribution < -0.4 is 5.32 Å². The number of rotatable bonds is 2. The molecule has 1 heterocycles. The molecule has 1 N–H and O–H groups in total. The minimum Gasteiger partial charge on any atom is -0.355 e. The van der Waals surface area contributed by atoms with E-state index in [1.165, 1.54) is 16.8 Å². The molecular formula is C18H17NO. The number of para-hydroxylation sites is 1. The van der Waals surface area contributed by atoms with Gasteiger partial charge in [-0.25, -0.2) is 0 Å². The number of carbonyl (C=O) groups excluding carboxylic acids is 1. The third-order valence-electron chi connectivity index (χ3n) is 3.66. The van der Waals surface area contributed by atoms with Gasteiger partial charge in [-0.05, 0) is 66.3 Å². The lowest BCUT2D eigenvalue weighted by Gasteiger charge is -2.10. The van der Waals surface area contributed by atoms with E-state index in [1.807, 2.05) is 19.1 Å². The van der Waals surface area contributed by atoms with Crippen molar-refractivity contribution in [2.75, 3.05) is 5.32 Å². The number of fused-ring (bicyclic) bond motifs is 2. The largest absolute Gasteiger partial charge is 0.355 e. The van der Waals surface area contributed by atoms with Crippen molar-refractivity contribution in [3.63, 3.8) is 0 Å². The molecule has 0 amide bonds. The number of aryl methyl sites for hydroxylation is 2. The summed E-state index contributed by atoms with van der Waals surface area (Å²) < 4.78 is 0. The van der Waals surface area contributed by atoms with Crippen molar-refractivity contribution in [3.8, 4) is 0 Å². The van der Waals surface area contributed by atoms with Crippen molar-refractivity contribution in [3.05, 3.63) is 64.7 Å².